The van der Waals surface area contributed by atoms with Crippen molar-refractivity contribution >= 4 is 45.3 Å². The maximum atomic E-state index is 12.2. The number of halogens is 3. The molecule has 0 saturated heterocycles. The van der Waals surface area contributed by atoms with Gasteiger partial charge in [0, 0.05) is 27.4 Å². The Labute approximate surface area is 141 Å². The van der Waals surface area contributed by atoms with E-state index in [-0.39, 0.29) is 11.3 Å². The van der Waals surface area contributed by atoms with Crippen LogP contribution in [-0.4, -0.2) is 31.8 Å². The highest BCUT2D eigenvalue weighted by molar-refractivity contribution is 9.08. The summed E-state index contributed by atoms with van der Waals surface area (Å²) in [5.41, 5.74) is -1.19. The fraction of sp³-hybridized carbons (Fsp3) is 0.667. The summed E-state index contributed by atoms with van der Waals surface area (Å²) in [6, 6.07) is -0.835. The van der Waals surface area contributed by atoms with Gasteiger partial charge >= 0.3 is 5.69 Å². The molecule has 2 atom stereocenters. The molecule has 21 heavy (non-hydrogen) atoms. The van der Waals surface area contributed by atoms with E-state index in [9.17, 15) is 14.7 Å². The molecule has 0 spiro atoms. The first-order valence-electron chi connectivity index (χ1n) is 6.33. The lowest BCUT2D eigenvalue weighted by molar-refractivity contribution is -0.125. The molecule has 1 heterocycles. The van der Waals surface area contributed by atoms with Gasteiger partial charge in [-0.25, -0.2) is 4.79 Å². The number of aromatic nitrogens is 2. The molecule has 0 bridgehead atoms. The molecule has 6 nitrogen and oxygen atoms in total. The molecule has 1 amide bonds. The summed E-state index contributed by atoms with van der Waals surface area (Å²) in [5.74, 6) is -0.285. The van der Waals surface area contributed by atoms with Crippen LogP contribution in [0.15, 0.2) is 11.0 Å². The maximum absolute atomic E-state index is 12.2. The molecule has 1 aromatic rings. The van der Waals surface area contributed by atoms with Crippen molar-refractivity contribution in [3.05, 3.63) is 16.7 Å². The van der Waals surface area contributed by atoms with Gasteiger partial charge in [0.2, 0.25) is 5.88 Å². The minimum atomic E-state index is -0.835. The van der Waals surface area contributed by atoms with Gasteiger partial charge in [-0.2, -0.15) is 0 Å². The normalized spacial score (nSPS) is 14.7. The van der Waals surface area contributed by atoms with Crippen LogP contribution < -0.4 is 10.0 Å². The topological polar surface area (TPSA) is 87.1 Å². The van der Waals surface area contributed by atoms with Gasteiger partial charge in [0.25, 0.3) is 5.91 Å². The van der Waals surface area contributed by atoms with E-state index in [0.29, 0.717) is 18.7 Å². The molecular formula is C12H18BrCl2N3O3. The highest BCUT2D eigenvalue weighted by Gasteiger charge is 2.39. The monoisotopic (exact) mass is 401 g/mol. The zero-order chi connectivity index (χ0) is 16.2. The molecule has 2 unspecified atom stereocenters. The average Bonchev–Trinajstić information content (AvgIpc) is 2.67. The molecule has 0 aliphatic rings. The Hall–Kier alpha value is -0.660. The third-order valence-corrected chi connectivity index (χ3v) is 4.24. The van der Waals surface area contributed by atoms with Crippen LogP contribution >= 0.6 is 39.3 Å². The Bertz CT molecular complexity index is 544. The number of hydrogen-bond donors (Lipinski definition) is 3. The van der Waals surface area contributed by atoms with Gasteiger partial charge in [-0.3, -0.25) is 18.7 Å². The molecular weight excluding hydrogens is 385 g/mol. The molecule has 1 aromatic heterocycles. The largest absolute Gasteiger partial charge is 0.493 e. The minimum Gasteiger partial charge on any atom is -0.493 e. The lowest BCUT2D eigenvalue weighted by atomic mass is 9.79. The Balaban J connectivity index is 3.16. The SMILES string of the molecule is CC(C)(CC(Cl)CCCl)C(C(=O)NBr)n1cc(O)[nH]c1=O. The van der Waals surface area contributed by atoms with Crippen molar-refractivity contribution in [2.75, 3.05) is 5.88 Å². The van der Waals surface area contributed by atoms with Crippen molar-refractivity contribution in [3.63, 3.8) is 0 Å². The van der Waals surface area contributed by atoms with Crippen LogP contribution in [0.2, 0.25) is 0 Å². The first-order valence-corrected chi connectivity index (χ1v) is 8.10. The number of carbonyl (C=O) groups excluding carboxylic acids is 1. The van der Waals surface area contributed by atoms with E-state index in [1.807, 2.05) is 13.8 Å². The highest BCUT2D eigenvalue weighted by Crippen LogP contribution is 2.38. The van der Waals surface area contributed by atoms with Gasteiger partial charge in [-0.05, 0) is 18.3 Å². The molecule has 0 aliphatic carbocycles. The Morgan fingerprint density at radius 1 is 1.62 bits per heavy atom. The number of imidazole rings is 1. The Morgan fingerprint density at radius 2 is 2.24 bits per heavy atom. The number of nitrogens with zero attached hydrogens (tertiary/aromatic N) is 1. The van der Waals surface area contributed by atoms with Crippen LogP contribution in [0, 0.1) is 5.41 Å². The van der Waals surface area contributed by atoms with E-state index in [1.54, 1.807) is 0 Å². The quantitative estimate of drug-likeness (QED) is 0.483. The van der Waals surface area contributed by atoms with Gasteiger partial charge in [-0.15, -0.1) is 23.2 Å². The summed E-state index contributed by atoms with van der Waals surface area (Å²) >= 11 is 14.8. The van der Waals surface area contributed by atoms with Crippen molar-refractivity contribution in [2.24, 2.45) is 5.41 Å². The zero-order valence-electron chi connectivity index (χ0n) is 11.7. The van der Waals surface area contributed by atoms with E-state index in [1.165, 1.54) is 6.20 Å². The first-order chi connectivity index (χ1) is 9.72. The van der Waals surface area contributed by atoms with E-state index in [0.717, 1.165) is 4.57 Å². The van der Waals surface area contributed by atoms with Gasteiger partial charge in [0.1, 0.15) is 6.04 Å². The molecule has 3 N–H and O–H groups in total. The van der Waals surface area contributed by atoms with Gasteiger partial charge < -0.3 is 5.11 Å². The number of aromatic amines is 1. The third kappa shape index (κ3) is 4.66. The standard InChI is InChI=1S/C12H18BrCl2N3O3/c1-12(2,5-7(15)3-4-14)9(10(20)17-13)18-6-8(19)16-11(18)21/h6-7,9,19H,3-5H2,1-2H3,(H,16,21)(H,17,20). The number of H-pyrrole nitrogens is 1. The second-order valence-corrected chi connectivity index (χ2v) is 6.87. The molecule has 1 rings (SSSR count). The molecule has 0 aliphatic heterocycles. The number of aromatic hydroxyl groups is 1. The van der Waals surface area contributed by atoms with Crippen LogP contribution in [-0.2, 0) is 4.79 Å². The molecule has 0 radical (unpaired) electrons. The van der Waals surface area contributed by atoms with Crippen molar-refractivity contribution in [3.8, 4) is 5.88 Å². The first kappa shape index (κ1) is 18.4. The number of hydrogen-bond acceptors (Lipinski definition) is 3. The number of amides is 1. The number of alkyl halides is 2. The summed E-state index contributed by atoms with van der Waals surface area (Å²) < 4.78 is 3.52. The fourth-order valence-corrected chi connectivity index (χ4v) is 3.50. The fourth-order valence-electron chi connectivity index (χ4n) is 2.40. The second kappa shape index (κ2) is 7.56. The van der Waals surface area contributed by atoms with E-state index in [4.69, 9.17) is 23.2 Å². The van der Waals surface area contributed by atoms with Crippen molar-refractivity contribution < 1.29 is 9.90 Å². The number of rotatable bonds is 7. The average molecular weight is 403 g/mol. The lowest BCUT2D eigenvalue weighted by Crippen LogP contribution is -2.42. The van der Waals surface area contributed by atoms with E-state index in [2.05, 4.69) is 25.5 Å². The summed E-state index contributed by atoms with van der Waals surface area (Å²) in [6.07, 6.45) is 2.27. The van der Waals surface area contributed by atoms with Crippen LogP contribution in [0.3, 0.4) is 0 Å². The van der Waals surface area contributed by atoms with Gasteiger partial charge in [0.05, 0.1) is 6.20 Å². The minimum absolute atomic E-state index is 0.216. The summed E-state index contributed by atoms with van der Waals surface area (Å²) in [7, 11) is 0. The smallest absolute Gasteiger partial charge is 0.329 e. The molecule has 120 valence electrons. The van der Waals surface area contributed by atoms with Crippen LogP contribution in [0.4, 0.5) is 0 Å². The lowest BCUT2D eigenvalue weighted by Gasteiger charge is -2.34. The van der Waals surface area contributed by atoms with Crippen molar-refractivity contribution in [2.45, 2.75) is 38.1 Å². The summed E-state index contributed by atoms with van der Waals surface area (Å²) in [4.78, 5) is 26.3. The van der Waals surface area contributed by atoms with Crippen LogP contribution in [0.25, 0.3) is 0 Å². The number of carbonyl (C=O) groups is 1. The van der Waals surface area contributed by atoms with E-state index < -0.39 is 23.1 Å². The third-order valence-electron chi connectivity index (χ3n) is 3.26. The van der Waals surface area contributed by atoms with Crippen molar-refractivity contribution in [1.82, 2.24) is 13.9 Å². The molecule has 0 fully saturated rings. The predicted octanol–water partition coefficient (Wildman–Crippen LogP) is 2.50. The van der Waals surface area contributed by atoms with E-state index >= 15 is 0 Å². The number of nitrogens with one attached hydrogen (secondary N) is 2. The summed E-state index contributed by atoms with van der Waals surface area (Å²) in [6.45, 7) is 3.67. The summed E-state index contributed by atoms with van der Waals surface area (Å²) in [5, 5.41) is 9.19. The second-order valence-electron chi connectivity index (χ2n) is 5.48. The predicted molar refractivity (Wildman–Crippen MR) is 86.2 cm³/mol. The van der Waals surface area contributed by atoms with Gasteiger partial charge in [-0.1, -0.05) is 13.8 Å². The Kier molecular flexibility index (Phi) is 6.62. The molecule has 9 heteroatoms. The molecule has 0 aromatic carbocycles. The highest BCUT2D eigenvalue weighted by atomic mass is 79.9. The zero-order valence-corrected chi connectivity index (χ0v) is 14.8. The maximum Gasteiger partial charge on any atom is 0.329 e. The van der Waals surface area contributed by atoms with Gasteiger partial charge in [0.15, 0.2) is 0 Å². The molecule has 0 saturated carbocycles. The van der Waals surface area contributed by atoms with Crippen LogP contribution in [0.1, 0.15) is 32.7 Å². The van der Waals surface area contributed by atoms with Crippen LogP contribution in [0.5, 0.6) is 5.88 Å². The Morgan fingerprint density at radius 3 is 2.67 bits per heavy atom. The van der Waals surface area contributed by atoms with Crippen molar-refractivity contribution in [1.29, 1.82) is 0 Å².